The molecule has 0 saturated carbocycles. The molecular weight excluding hydrogens is 627 g/mol. The first-order valence-corrected chi connectivity index (χ1v) is 18.2. The summed E-state index contributed by atoms with van der Waals surface area (Å²) >= 11 is 6.81. The Morgan fingerprint density at radius 2 is 1.79 bits per heavy atom. The Balaban J connectivity index is 1.14. The summed E-state index contributed by atoms with van der Waals surface area (Å²) in [6, 6.07) is 4.94. The topological polar surface area (TPSA) is 64.9 Å². The molecule has 8 nitrogen and oxygen atoms in total. The molecule has 1 aromatic carbocycles. The van der Waals surface area contributed by atoms with Crippen molar-refractivity contribution in [2.45, 2.75) is 72.4 Å². The molecule has 4 atom stereocenters. The van der Waals surface area contributed by atoms with Crippen LogP contribution in [0.4, 0.5) is 4.39 Å². The Bertz CT molecular complexity index is 1630. The van der Waals surface area contributed by atoms with Gasteiger partial charge < -0.3 is 19.3 Å². The van der Waals surface area contributed by atoms with Crippen LogP contribution in [0.2, 0.25) is 5.02 Å². The van der Waals surface area contributed by atoms with Gasteiger partial charge in [0.25, 0.3) is 5.91 Å². The van der Waals surface area contributed by atoms with Crippen LogP contribution in [0.25, 0.3) is 16.6 Å². The van der Waals surface area contributed by atoms with E-state index in [-0.39, 0.29) is 17.9 Å². The highest BCUT2D eigenvalue weighted by atomic mass is 35.5. The molecule has 0 aliphatic carbocycles. The van der Waals surface area contributed by atoms with Crippen LogP contribution in [0.15, 0.2) is 36.8 Å². The first kappa shape index (κ1) is 34.8. The Kier molecular flexibility index (Phi) is 10.5. The number of hydrogen-bond acceptors (Lipinski definition) is 5. The van der Waals surface area contributed by atoms with Crippen molar-refractivity contribution in [1.29, 1.82) is 0 Å². The molecule has 260 valence electrons. The molecule has 2 amide bonds. The standard InChI is InChI=1S/C38H52ClFN6O2/c1-24(2)34(8-7-12-43-19-29-21-45(26(5)47)22-30(29)20-43)44-13-11-27(18-44)14-28-23-46(36-17-41-16-33(39)37(28)36)35-10-9-31(40)15-32(35)38(48)42(6)25(3)4/h9-10,15-17,23-25,27,29-30,34H,7-8,11-14,18-22H2,1-6H3/t27-,29+,30+,34+/m1/s1. The lowest BCUT2D eigenvalue weighted by Crippen LogP contribution is -2.38. The number of carbonyl (C=O) groups is 2. The van der Waals surface area contributed by atoms with Crippen LogP contribution in [0.5, 0.6) is 0 Å². The maximum absolute atomic E-state index is 14.5. The maximum Gasteiger partial charge on any atom is 0.256 e. The molecule has 3 fully saturated rings. The molecule has 0 radical (unpaired) electrons. The van der Waals surface area contributed by atoms with E-state index in [0.29, 0.717) is 46.0 Å². The van der Waals surface area contributed by atoms with Gasteiger partial charge in [-0.3, -0.25) is 19.5 Å². The zero-order chi connectivity index (χ0) is 34.3. The van der Waals surface area contributed by atoms with Gasteiger partial charge >= 0.3 is 0 Å². The number of nitrogens with zero attached hydrogens (tertiary/aromatic N) is 6. The molecule has 0 bridgehead atoms. The summed E-state index contributed by atoms with van der Waals surface area (Å²) in [6.07, 6.45) is 9.94. The van der Waals surface area contributed by atoms with Crippen LogP contribution in [-0.4, -0.2) is 106 Å². The number of benzene rings is 1. The molecule has 3 aliphatic heterocycles. The SMILES string of the molecule is CC(=O)N1C[C@@H]2CN(CCC[C@@H](C(C)C)N3CC[C@H](Cc4cn(-c5ccc(F)cc5C(=O)N(C)C(C)C)c5cncc(Cl)c45)C3)C[C@H]2C1. The largest absolute Gasteiger partial charge is 0.342 e. The number of rotatable bonds is 11. The van der Waals surface area contributed by atoms with Crippen molar-refractivity contribution in [3.8, 4) is 5.69 Å². The average Bonchev–Trinajstić information content (AvgIpc) is 3.82. The highest BCUT2D eigenvalue weighted by Gasteiger charge is 2.40. The molecule has 3 aliphatic rings. The molecule has 0 unspecified atom stereocenters. The lowest BCUT2D eigenvalue weighted by atomic mass is 9.96. The molecule has 0 N–H and O–H groups in total. The second-order valence-electron chi connectivity index (χ2n) is 15.2. The van der Waals surface area contributed by atoms with Gasteiger partial charge in [0.05, 0.1) is 28.0 Å². The smallest absolute Gasteiger partial charge is 0.256 e. The van der Waals surface area contributed by atoms with E-state index in [1.54, 1.807) is 37.3 Å². The van der Waals surface area contributed by atoms with Crippen molar-refractivity contribution in [3.05, 3.63) is 58.8 Å². The molecule has 3 aromatic rings. The van der Waals surface area contributed by atoms with E-state index in [0.717, 1.165) is 75.1 Å². The first-order chi connectivity index (χ1) is 22.9. The van der Waals surface area contributed by atoms with Crippen molar-refractivity contribution in [1.82, 2.24) is 29.2 Å². The van der Waals surface area contributed by atoms with E-state index in [9.17, 15) is 14.0 Å². The van der Waals surface area contributed by atoms with Gasteiger partial charge in [-0.05, 0) is 100 Å². The second-order valence-corrected chi connectivity index (χ2v) is 15.6. The fourth-order valence-corrected chi connectivity index (χ4v) is 8.79. The van der Waals surface area contributed by atoms with Gasteiger partial charge in [0.1, 0.15) is 5.82 Å². The Morgan fingerprint density at radius 1 is 1.06 bits per heavy atom. The number of amides is 2. The number of halogens is 2. The number of hydrogen-bond donors (Lipinski definition) is 0. The van der Waals surface area contributed by atoms with E-state index >= 15 is 0 Å². The monoisotopic (exact) mass is 678 g/mol. The summed E-state index contributed by atoms with van der Waals surface area (Å²) in [5, 5.41) is 1.54. The van der Waals surface area contributed by atoms with Gasteiger partial charge in [0.2, 0.25) is 5.91 Å². The third-order valence-corrected chi connectivity index (χ3v) is 11.6. The van der Waals surface area contributed by atoms with Crippen LogP contribution in [-0.2, 0) is 11.2 Å². The highest BCUT2D eigenvalue weighted by molar-refractivity contribution is 6.35. The second kappa shape index (κ2) is 14.5. The summed E-state index contributed by atoms with van der Waals surface area (Å²) in [4.78, 5) is 38.7. The molecule has 3 saturated heterocycles. The lowest BCUT2D eigenvalue weighted by Gasteiger charge is -2.32. The van der Waals surface area contributed by atoms with Crippen LogP contribution in [0, 0.1) is 29.5 Å². The molecule has 10 heteroatoms. The minimum Gasteiger partial charge on any atom is -0.342 e. The lowest BCUT2D eigenvalue weighted by molar-refractivity contribution is -0.128. The Labute approximate surface area is 290 Å². The van der Waals surface area contributed by atoms with E-state index < -0.39 is 5.82 Å². The third kappa shape index (κ3) is 7.15. The van der Waals surface area contributed by atoms with E-state index in [4.69, 9.17) is 11.6 Å². The van der Waals surface area contributed by atoms with Gasteiger partial charge in [0, 0.05) is 76.6 Å². The van der Waals surface area contributed by atoms with Gasteiger partial charge in [0.15, 0.2) is 0 Å². The van der Waals surface area contributed by atoms with Crippen LogP contribution >= 0.6 is 11.6 Å². The van der Waals surface area contributed by atoms with Crippen LogP contribution in [0.1, 0.15) is 69.8 Å². The van der Waals surface area contributed by atoms with E-state index in [1.165, 1.54) is 25.0 Å². The molecular formula is C38H52ClFN6O2. The van der Waals surface area contributed by atoms with Gasteiger partial charge in [-0.1, -0.05) is 25.4 Å². The van der Waals surface area contributed by atoms with Crippen molar-refractivity contribution < 1.29 is 14.0 Å². The molecule has 6 rings (SSSR count). The predicted molar refractivity (Wildman–Crippen MR) is 190 cm³/mol. The number of aromatic nitrogens is 2. The third-order valence-electron chi connectivity index (χ3n) is 11.3. The summed E-state index contributed by atoms with van der Waals surface area (Å²) < 4.78 is 16.5. The van der Waals surface area contributed by atoms with Gasteiger partial charge in [-0.15, -0.1) is 0 Å². The Hall–Kier alpha value is -3.01. The van der Waals surface area contributed by atoms with Crippen molar-refractivity contribution in [2.24, 2.45) is 23.7 Å². The summed E-state index contributed by atoms with van der Waals surface area (Å²) in [7, 11) is 1.75. The number of fused-ring (bicyclic) bond motifs is 2. The number of pyridine rings is 1. The van der Waals surface area contributed by atoms with Crippen LogP contribution in [0.3, 0.4) is 0 Å². The van der Waals surface area contributed by atoms with Crippen molar-refractivity contribution in [2.75, 3.05) is 52.9 Å². The fourth-order valence-electron chi connectivity index (χ4n) is 8.52. The minimum atomic E-state index is -0.443. The zero-order valence-corrected chi connectivity index (χ0v) is 30.2. The summed E-state index contributed by atoms with van der Waals surface area (Å²) in [5.74, 6) is 1.89. The number of likely N-dealkylation sites (tertiary alicyclic amines) is 3. The predicted octanol–water partition coefficient (Wildman–Crippen LogP) is 6.38. The summed E-state index contributed by atoms with van der Waals surface area (Å²) in [6.45, 7) is 17.7. The van der Waals surface area contributed by atoms with Gasteiger partial charge in [-0.25, -0.2) is 4.39 Å². The average molecular weight is 679 g/mol. The molecule has 48 heavy (non-hydrogen) atoms. The highest BCUT2D eigenvalue weighted by Crippen LogP contribution is 2.36. The normalized spacial score (nSPS) is 22.4. The van der Waals surface area contributed by atoms with Crippen LogP contribution < -0.4 is 0 Å². The molecule has 0 spiro atoms. The number of carbonyl (C=O) groups excluding carboxylic acids is 2. The Morgan fingerprint density at radius 3 is 2.46 bits per heavy atom. The van der Waals surface area contributed by atoms with Crippen molar-refractivity contribution >= 4 is 34.3 Å². The molecule has 5 heterocycles. The van der Waals surface area contributed by atoms with E-state index in [1.807, 2.05) is 23.3 Å². The quantitative estimate of drug-likeness (QED) is 0.236. The fraction of sp³-hybridized carbons (Fsp3) is 0.605. The van der Waals surface area contributed by atoms with Gasteiger partial charge in [-0.2, -0.15) is 0 Å². The first-order valence-electron chi connectivity index (χ1n) is 17.8. The van der Waals surface area contributed by atoms with E-state index in [2.05, 4.69) is 34.8 Å². The maximum atomic E-state index is 14.5. The molecule has 2 aromatic heterocycles. The van der Waals surface area contributed by atoms with Crippen molar-refractivity contribution in [3.63, 3.8) is 0 Å². The minimum absolute atomic E-state index is 0.0262. The summed E-state index contributed by atoms with van der Waals surface area (Å²) in [5.41, 5.74) is 2.89. The zero-order valence-electron chi connectivity index (χ0n) is 29.5.